The largest absolute Gasteiger partial charge is 0.379 e. The molecule has 0 heterocycles. The Labute approximate surface area is 90.4 Å². The summed E-state index contributed by atoms with van der Waals surface area (Å²) in [7, 11) is 0. The van der Waals surface area contributed by atoms with Crippen LogP contribution in [0.4, 0.5) is 0 Å². The SMILES string of the molecule is CCSC(=N)N.CCc1ccccc1. The van der Waals surface area contributed by atoms with Gasteiger partial charge in [-0.05, 0) is 17.7 Å². The topological polar surface area (TPSA) is 49.9 Å². The number of aryl methyl sites for hydroxylation is 1. The van der Waals surface area contributed by atoms with Crippen molar-refractivity contribution >= 4 is 16.9 Å². The first-order chi connectivity index (χ1) is 6.70. The third kappa shape index (κ3) is 7.68. The highest BCUT2D eigenvalue weighted by molar-refractivity contribution is 8.13. The standard InChI is InChI=1S/C8H10.C3H8N2S/c1-2-8-6-4-3-5-7-8;1-2-6-3(4)5/h3-7H,2H2,1H3;2H2,1H3,(H3,4,5). The van der Waals surface area contributed by atoms with E-state index >= 15 is 0 Å². The second-order valence-electron chi connectivity index (χ2n) is 2.64. The van der Waals surface area contributed by atoms with Crippen LogP contribution >= 0.6 is 11.8 Å². The minimum Gasteiger partial charge on any atom is -0.379 e. The van der Waals surface area contributed by atoms with Crippen molar-refractivity contribution in [2.45, 2.75) is 20.3 Å². The minimum absolute atomic E-state index is 0.206. The van der Waals surface area contributed by atoms with Gasteiger partial charge in [-0.3, -0.25) is 5.41 Å². The Morgan fingerprint density at radius 1 is 1.29 bits per heavy atom. The number of hydrogen-bond acceptors (Lipinski definition) is 2. The summed E-state index contributed by atoms with van der Waals surface area (Å²) < 4.78 is 0. The quantitative estimate of drug-likeness (QED) is 0.582. The maximum Gasteiger partial charge on any atom is 0.151 e. The molecule has 1 rings (SSSR count). The predicted octanol–water partition coefficient (Wildman–Crippen LogP) is 2.88. The molecular formula is C11H18N2S. The molecule has 0 aliphatic carbocycles. The fourth-order valence-electron chi connectivity index (χ4n) is 0.869. The summed E-state index contributed by atoms with van der Waals surface area (Å²) in [5.41, 5.74) is 6.36. The molecule has 78 valence electrons. The van der Waals surface area contributed by atoms with Gasteiger partial charge in [0.15, 0.2) is 5.17 Å². The second kappa shape index (κ2) is 8.63. The molecular weight excluding hydrogens is 192 g/mol. The van der Waals surface area contributed by atoms with Gasteiger partial charge in [-0.25, -0.2) is 0 Å². The Morgan fingerprint density at radius 3 is 2.07 bits per heavy atom. The average molecular weight is 210 g/mol. The van der Waals surface area contributed by atoms with Gasteiger partial charge in [0.05, 0.1) is 0 Å². The Kier molecular flexibility index (Phi) is 8.04. The molecule has 0 atom stereocenters. The molecule has 0 aliphatic heterocycles. The molecule has 0 bridgehead atoms. The number of amidine groups is 1. The van der Waals surface area contributed by atoms with Gasteiger partial charge < -0.3 is 5.73 Å². The summed E-state index contributed by atoms with van der Waals surface area (Å²) >= 11 is 1.35. The van der Waals surface area contributed by atoms with Gasteiger partial charge in [-0.15, -0.1) is 0 Å². The summed E-state index contributed by atoms with van der Waals surface area (Å²) in [6.07, 6.45) is 1.14. The van der Waals surface area contributed by atoms with E-state index in [1.807, 2.05) is 13.0 Å². The maximum absolute atomic E-state index is 6.64. The van der Waals surface area contributed by atoms with Crippen LogP contribution < -0.4 is 5.73 Å². The highest BCUT2D eigenvalue weighted by atomic mass is 32.2. The molecule has 0 spiro atoms. The lowest BCUT2D eigenvalue weighted by molar-refractivity contribution is 1.14. The van der Waals surface area contributed by atoms with Crippen LogP contribution in [0.1, 0.15) is 19.4 Å². The van der Waals surface area contributed by atoms with Crippen molar-refractivity contribution < 1.29 is 0 Å². The van der Waals surface area contributed by atoms with E-state index in [9.17, 15) is 0 Å². The molecule has 3 heteroatoms. The fraction of sp³-hybridized carbons (Fsp3) is 0.364. The molecule has 0 aliphatic rings. The zero-order valence-electron chi connectivity index (χ0n) is 8.79. The minimum atomic E-state index is 0.206. The predicted molar refractivity (Wildman–Crippen MR) is 65.9 cm³/mol. The van der Waals surface area contributed by atoms with Gasteiger partial charge in [0.1, 0.15) is 0 Å². The first-order valence-electron chi connectivity index (χ1n) is 4.71. The highest BCUT2D eigenvalue weighted by Gasteiger charge is 1.80. The van der Waals surface area contributed by atoms with Crippen molar-refractivity contribution in [3.63, 3.8) is 0 Å². The highest BCUT2D eigenvalue weighted by Crippen LogP contribution is 1.96. The first kappa shape index (κ1) is 13.0. The van der Waals surface area contributed by atoms with Crippen LogP contribution in [0.15, 0.2) is 30.3 Å². The number of nitrogens with two attached hydrogens (primary N) is 1. The zero-order chi connectivity index (χ0) is 10.8. The maximum atomic E-state index is 6.64. The molecule has 2 nitrogen and oxygen atoms in total. The van der Waals surface area contributed by atoms with Crippen LogP contribution in [0.2, 0.25) is 0 Å². The van der Waals surface area contributed by atoms with Crippen molar-refractivity contribution in [2.75, 3.05) is 5.75 Å². The van der Waals surface area contributed by atoms with Gasteiger partial charge in [0.2, 0.25) is 0 Å². The molecule has 0 radical (unpaired) electrons. The summed E-state index contributed by atoms with van der Waals surface area (Å²) in [4.78, 5) is 0. The van der Waals surface area contributed by atoms with Crippen LogP contribution in [0, 0.1) is 5.41 Å². The van der Waals surface area contributed by atoms with Crippen molar-refractivity contribution in [2.24, 2.45) is 5.73 Å². The molecule has 0 unspecified atom stereocenters. The van der Waals surface area contributed by atoms with Crippen molar-refractivity contribution in [3.05, 3.63) is 35.9 Å². The van der Waals surface area contributed by atoms with E-state index in [0.717, 1.165) is 12.2 Å². The Morgan fingerprint density at radius 2 is 1.86 bits per heavy atom. The van der Waals surface area contributed by atoms with E-state index in [2.05, 4.69) is 31.2 Å². The van der Waals surface area contributed by atoms with E-state index < -0.39 is 0 Å². The van der Waals surface area contributed by atoms with Crippen LogP contribution in [0.5, 0.6) is 0 Å². The first-order valence-corrected chi connectivity index (χ1v) is 5.70. The van der Waals surface area contributed by atoms with E-state index in [1.54, 1.807) is 0 Å². The van der Waals surface area contributed by atoms with Gasteiger partial charge in [0.25, 0.3) is 0 Å². The number of benzene rings is 1. The van der Waals surface area contributed by atoms with E-state index in [0.29, 0.717) is 0 Å². The number of nitrogens with one attached hydrogen (secondary N) is 1. The van der Waals surface area contributed by atoms with Gasteiger partial charge in [-0.2, -0.15) is 0 Å². The molecule has 0 saturated heterocycles. The molecule has 1 aromatic carbocycles. The summed E-state index contributed by atoms with van der Waals surface area (Å²) in [5, 5.41) is 6.84. The molecule has 0 saturated carbocycles. The molecule has 0 aromatic heterocycles. The van der Waals surface area contributed by atoms with Crippen LogP contribution in [0.25, 0.3) is 0 Å². The van der Waals surface area contributed by atoms with Crippen LogP contribution in [-0.2, 0) is 6.42 Å². The second-order valence-corrected chi connectivity index (χ2v) is 3.94. The van der Waals surface area contributed by atoms with Crippen molar-refractivity contribution in [3.8, 4) is 0 Å². The number of thioether (sulfide) groups is 1. The molecule has 0 fully saturated rings. The Bertz CT molecular complexity index is 247. The van der Waals surface area contributed by atoms with Gasteiger partial charge in [-0.1, -0.05) is 55.9 Å². The third-order valence-electron chi connectivity index (χ3n) is 1.55. The van der Waals surface area contributed by atoms with Crippen molar-refractivity contribution in [1.29, 1.82) is 5.41 Å². The van der Waals surface area contributed by atoms with Crippen molar-refractivity contribution in [1.82, 2.24) is 0 Å². The fourth-order valence-corrected chi connectivity index (χ4v) is 1.18. The average Bonchev–Trinajstić information content (AvgIpc) is 2.20. The Balaban J connectivity index is 0.000000255. The van der Waals surface area contributed by atoms with Crippen LogP contribution in [0.3, 0.4) is 0 Å². The van der Waals surface area contributed by atoms with Gasteiger partial charge >= 0.3 is 0 Å². The summed E-state index contributed by atoms with van der Waals surface area (Å²) in [6.45, 7) is 4.13. The summed E-state index contributed by atoms with van der Waals surface area (Å²) in [6, 6.07) is 10.5. The van der Waals surface area contributed by atoms with E-state index in [1.165, 1.54) is 17.3 Å². The summed E-state index contributed by atoms with van der Waals surface area (Å²) in [5.74, 6) is 0.898. The number of rotatable bonds is 2. The molecule has 3 N–H and O–H groups in total. The van der Waals surface area contributed by atoms with Gasteiger partial charge in [0, 0.05) is 0 Å². The van der Waals surface area contributed by atoms with Crippen LogP contribution in [-0.4, -0.2) is 10.9 Å². The molecule has 1 aromatic rings. The third-order valence-corrected chi connectivity index (χ3v) is 2.15. The van der Waals surface area contributed by atoms with E-state index in [4.69, 9.17) is 11.1 Å². The zero-order valence-corrected chi connectivity index (χ0v) is 9.60. The smallest absolute Gasteiger partial charge is 0.151 e. The molecule has 0 amide bonds. The molecule has 14 heavy (non-hydrogen) atoms. The lowest BCUT2D eigenvalue weighted by atomic mass is 10.2. The lowest BCUT2D eigenvalue weighted by Crippen LogP contribution is -2.02. The number of hydrogen-bond donors (Lipinski definition) is 2. The Hall–Kier alpha value is -0.960. The monoisotopic (exact) mass is 210 g/mol. The lowest BCUT2D eigenvalue weighted by Gasteiger charge is -1.89. The van der Waals surface area contributed by atoms with E-state index in [-0.39, 0.29) is 5.17 Å². The normalized spacial score (nSPS) is 8.71.